The second-order valence-corrected chi connectivity index (χ2v) is 6.19. The first-order valence-corrected chi connectivity index (χ1v) is 8.21. The van der Waals surface area contributed by atoms with Crippen molar-refractivity contribution in [1.82, 2.24) is 0 Å². The largest absolute Gasteiger partial charge is 0.507 e. The summed E-state index contributed by atoms with van der Waals surface area (Å²) < 4.78 is 19.2. The highest BCUT2D eigenvalue weighted by Crippen LogP contribution is 2.31. The predicted octanol–water partition coefficient (Wildman–Crippen LogP) is 4.71. The lowest BCUT2D eigenvalue weighted by atomic mass is 10.0. The highest BCUT2D eigenvalue weighted by molar-refractivity contribution is 6.05. The van der Waals surface area contributed by atoms with E-state index < -0.39 is 5.63 Å². The van der Waals surface area contributed by atoms with Crippen molar-refractivity contribution in [3.05, 3.63) is 82.0 Å². The molecule has 0 aliphatic rings. The minimum Gasteiger partial charge on any atom is -0.507 e. The van der Waals surface area contributed by atoms with Crippen molar-refractivity contribution < 1.29 is 13.9 Å². The molecule has 2 N–H and O–H groups in total. The van der Waals surface area contributed by atoms with Crippen LogP contribution in [0.25, 0.3) is 21.7 Å². The molecule has 0 amide bonds. The fourth-order valence-corrected chi connectivity index (χ4v) is 3.05. The number of fused-ring (bicyclic) bond motifs is 3. The van der Waals surface area contributed by atoms with Crippen LogP contribution in [0.2, 0.25) is 0 Å². The first-order valence-electron chi connectivity index (χ1n) is 8.21. The van der Waals surface area contributed by atoms with Gasteiger partial charge >= 0.3 is 5.63 Å². The monoisotopic (exact) mass is 349 g/mol. The zero-order valence-electron chi connectivity index (χ0n) is 14.0. The Balaban J connectivity index is 1.82. The quantitative estimate of drug-likeness (QED) is 0.415. The van der Waals surface area contributed by atoms with E-state index in [0.717, 1.165) is 10.8 Å². The molecule has 0 unspecified atom stereocenters. The molecular formula is C21H16FNO3. The number of nitrogens with one attached hydrogen (secondary N) is 1. The molecule has 0 fully saturated rings. The van der Waals surface area contributed by atoms with Crippen LogP contribution in [0.4, 0.5) is 10.1 Å². The molecule has 1 heterocycles. The lowest BCUT2D eigenvalue weighted by Crippen LogP contribution is -2.05. The Labute approximate surface area is 148 Å². The molecular weight excluding hydrogens is 333 g/mol. The molecule has 3 aromatic carbocycles. The maximum Gasteiger partial charge on any atom is 0.344 e. The summed E-state index contributed by atoms with van der Waals surface area (Å²) in [5, 5.41) is 15.3. The van der Waals surface area contributed by atoms with E-state index in [9.17, 15) is 14.3 Å². The zero-order chi connectivity index (χ0) is 18.3. The highest BCUT2D eigenvalue weighted by Gasteiger charge is 2.14. The van der Waals surface area contributed by atoms with E-state index in [1.54, 1.807) is 43.3 Å². The summed E-state index contributed by atoms with van der Waals surface area (Å²) in [5.41, 5.74) is 1.45. The third-order valence-corrected chi connectivity index (χ3v) is 4.51. The van der Waals surface area contributed by atoms with E-state index in [4.69, 9.17) is 4.42 Å². The summed E-state index contributed by atoms with van der Waals surface area (Å²) in [6.07, 6.45) is 0. The fraction of sp³-hybridized carbons (Fsp3) is 0.0952. The van der Waals surface area contributed by atoms with Crippen LogP contribution in [0.15, 0.2) is 63.8 Å². The molecule has 4 rings (SSSR count). The van der Waals surface area contributed by atoms with Crippen LogP contribution in [0.1, 0.15) is 11.1 Å². The van der Waals surface area contributed by atoms with E-state index in [-0.39, 0.29) is 18.1 Å². The van der Waals surface area contributed by atoms with Crippen LogP contribution < -0.4 is 10.9 Å². The van der Waals surface area contributed by atoms with Gasteiger partial charge < -0.3 is 14.8 Å². The predicted molar refractivity (Wildman–Crippen MR) is 100 cm³/mol. The third kappa shape index (κ3) is 2.67. The van der Waals surface area contributed by atoms with Crippen molar-refractivity contribution in [2.24, 2.45) is 0 Å². The van der Waals surface area contributed by atoms with E-state index >= 15 is 0 Å². The van der Waals surface area contributed by atoms with Crippen molar-refractivity contribution in [3.63, 3.8) is 0 Å². The van der Waals surface area contributed by atoms with Crippen LogP contribution in [-0.4, -0.2) is 5.11 Å². The topological polar surface area (TPSA) is 62.5 Å². The number of hydrogen-bond acceptors (Lipinski definition) is 4. The first kappa shape index (κ1) is 16.1. The molecule has 0 saturated heterocycles. The van der Waals surface area contributed by atoms with E-state index in [0.29, 0.717) is 27.8 Å². The Morgan fingerprint density at radius 2 is 1.81 bits per heavy atom. The Bertz CT molecular complexity index is 1200. The number of hydrogen-bond donors (Lipinski definition) is 2. The van der Waals surface area contributed by atoms with Crippen molar-refractivity contribution >= 4 is 27.4 Å². The Kier molecular flexibility index (Phi) is 3.84. The van der Waals surface area contributed by atoms with Gasteiger partial charge in [0.15, 0.2) is 0 Å². The number of benzene rings is 3. The average molecular weight is 349 g/mol. The minimum absolute atomic E-state index is 0.0102. The van der Waals surface area contributed by atoms with Crippen molar-refractivity contribution in [1.29, 1.82) is 0 Å². The molecule has 4 aromatic rings. The zero-order valence-corrected chi connectivity index (χ0v) is 14.0. The van der Waals surface area contributed by atoms with Gasteiger partial charge in [-0.05, 0) is 48.2 Å². The average Bonchev–Trinajstić information content (AvgIpc) is 2.64. The van der Waals surface area contributed by atoms with Gasteiger partial charge in [-0.2, -0.15) is 0 Å². The molecule has 26 heavy (non-hydrogen) atoms. The number of anilines is 1. The first-order chi connectivity index (χ1) is 12.5. The molecule has 130 valence electrons. The number of phenols is 1. The summed E-state index contributed by atoms with van der Waals surface area (Å²) in [5.74, 6) is -0.300. The second kappa shape index (κ2) is 6.19. The smallest absolute Gasteiger partial charge is 0.344 e. The normalized spacial score (nSPS) is 11.2. The fourth-order valence-electron chi connectivity index (χ4n) is 3.05. The Morgan fingerprint density at radius 1 is 1.04 bits per heavy atom. The summed E-state index contributed by atoms with van der Waals surface area (Å²) >= 11 is 0. The SMILES string of the molecule is Cc1ccc(NCc2c(O)ccc3c2oc(=O)c2ccccc23)cc1F. The highest BCUT2D eigenvalue weighted by atomic mass is 19.1. The van der Waals surface area contributed by atoms with Crippen LogP contribution in [0.5, 0.6) is 5.75 Å². The number of aromatic hydroxyl groups is 1. The van der Waals surface area contributed by atoms with Crippen molar-refractivity contribution in [3.8, 4) is 5.75 Å². The molecule has 0 atom stereocenters. The lowest BCUT2D eigenvalue weighted by Gasteiger charge is -2.12. The van der Waals surface area contributed by atoms with Crippen LogP contribution >= 0.6 is 0 Å². The Hall–Kier alpha value is -3.34. The van der Waals surface area contributed by atoms with Crippen LogP contribution in [0, 0.1) is 12.7 Å². The van der Waals surface area contributed by atoms with Gasteiger partial charge in [0, 0.05) is 17.6 Å². The van der Waals surface area contributed by atoms with Crippen molar-refractivity contribution in [2.45, 2.75) is 13.5 Å². The maximum atomic E-state index is 13.7. The van der Waals surface area contributed by atoms with Gasteiger partial charge in [-0.15, -0.1) is 0 Å². The lowest BCUT2D eigenvalue weighted by molar-refractivity contribution is 0.466. The molecule has 0 radical (unpaired) electrons. The molecule has 1 aromatic heterocycles. The van der Waals surface area contributed by atoms with Gasteiger partial charge in [0.2, 0.25) is 0 Å². The third-order valence-electron chi connectivity index (χ3n) is 4.51. The minimum atomic E-state index is -0.457. The van der Waals surface area contributed by atoms with Gasteiger partial charge in [-0.1, -0.05) is 24.3 Å². The number of aryl methyl sites for hydroxylation is 1. The summed E-state index contributed by atoms with van der Waals surface area (Å²) in [6, 6.07) is 15.3. The number of halogens is 1. The summed E-state index contributed by atoms with van der Waals surface area (Å²) in [6.45, 7) is 1.88. The molecule has 0 aliphatic carbocycles. The van der Waals surface area contributed by atoms with Crippen molar-refractivity contribution in [2.75, 3.05) is 5.32 Å². The van der Waals surface area contributed by atoms with E-state index in [1.165, 1.54) is 6.07 Å². The van der Waals surface area contributed by atoms with Gasteiger partial charge in [0.1, 0.15) is 17.1 Å². The van der Waals surface area contributed by atoms with Gasteiger partial charge in [0.05, 0.1) is 10.9 Å². The second-order valence-electron chi connectivity index (χ2n) is 6.19. The number of rotatable bonds is 3. The summed E-state index contributed by atoms with van der Waals surface area (Å²) in [4.78, 5) is 12.3. The van der Waals surface area contributed by atoms with E-state index in [2.05, 4.69) is 5.32 Å². The molecule has 4 nitrogen and oxygen atoms in total. The molecule has 0 aliphatic heterocycles. The van der Waals surface area contributed by atoms with Gasteiger partial charge in [0.25, 0.3) is 0 Å². The summed E-state index contributed by atoms with van der Waals surface area (Å²) in [7, 11) is 0. The standard InChI is InChI=1S/C21H16FNO3/c1-12-6-7-13(10-18(12)22)23-11-17-19(24)9-8-15-14-4-2-3-5-16(14)21(25)26-20(15)17/h2-10,23-24H,11H2,1H3. The van der Waals surface area contributed by atoms with Gasteiger partial charge in [-0.25, -0.2) is 9.18 Å². The number of phenolic OH excluding ortho intramolecular Hbond substituents is 1. The maximum absolute atomic E-state index is 13.7. The van der Waals surface area contributed by atoms with Gasteiger partial charge in [-0.3, -0.25) is 0 Å². The molecule has 0 bridgehead atoms. The molecule has 5 heteroatoms. The molecule has 0 spiro atoms. The molecule has 0 saturated carbocycles. The van der Waals surface area contributed by atoms with Crippen LogP contribution in [-0.2, 0) is 6.54 Å². The van der Waals surface area contributed by atoms with Crippen LogP contribution in [0.3, 0.4) is 0 Å². The Morgan fingerprint density at radius 3 is 2.58 bits per heavy atom. The van der Waals surface area contributed by atoms with E-state index in [1.807, 2.05) is 12.1 Å².